The molecule has 17 heavy (non-hydrogen) atoms. The normalized spacial score (nSPS) is 30.9. The van der Waals surface area contributed by atoms with Gasteiger partial charge in [0.1, 0.15) is 0 Å². The topological polar surface area (TPSA) is 50.4 Å². The largest absolute Gasteiger partial charge is 0.380 e. The molecule has 98 valence electrons. The van der Waals surface area contributed by atoms with E-state index in [0.717, 1.165) is 52.1 Å². The molecule has 2 heterocycles. The Morgan fingerprint density at radius 1 is 1.47 bits per heavy atom. The highest BCUT2D eigenvalue weighted by Gasteiger charge is 2.41. The molecule has 0 saturated carbocycles. The molecule has 4 nitrogen and oxygen atoms in total. The average Bonchev–Trinajstić information content (AvgIpc) is 2.73. The van der Waals surface area contributed by atoms with Crippen molar-refractivity contribution in [3.63, 3.8) is 0 Å². The van der Waals surface area contributed by atoms with Gasteiger partial charge in [0.2, 0.25) is 5.91 Å². The Morgan fingerprint density at radius 3 is 2.71 bits per heavy atom. The molecule has 0 radical (unpaired) electrons. The van der Waals surface area contributed by atoms with Crippen molar-refractivity contribution >= 4 is 5.91 Å². The molecular formula is C13H24N2O2. The van der Waals surface area contributed by atoms with E-state index in [1.165, 1.54) is 0 Å². The van der Waals surface area contributed by atoms with Crippen LogP contribution in [0.5, 0.6) is 0 Å². The molecule has 2 N–H and O–H groups in total. The monoisotopic (exact) mass is 240 g/mol. The van der Waals surface area contributed by atoms with Gasteiger partial charge in [0, 0.05) is 18.5 Å². The summed E-state index contributed by atoms with van der Waals surface area (Å²) in [7, 11) is 0. The molecule has 4 heteroatoms. The Morgan fingerprint density at radius 2 is 2.24 bits per heavy atom. The Bertz CT molecular complexity index is 281. The number of rotatable bonds is 5. The van der Waals surface area contributed by atoms with Gasteiger partial charge >= 0.3 is 0 Å². The Hall–Kier alpha value is -0.610. The van der Waals surface area contributed by atoms with Crippen LogP contribution in [-0.4, -0.2) is 38.8 Å². The number of carbonyl (C=O) groups is 1. The van der Waals surface area contributed by atoms with E-state index >= 15 is 0 Å². The van der Waals surface area contributed by atoms with E-state index in [2.05, 4.69) is 24.5 Å². The first kappa shape index (κ1) is 12.8. The molecule has 0 aliphatic carbocycles. The lowest BCUT2D eigenvalue weighted by Crippen LogP contribution is -2.52. The summed E-state index contributed by atoms with van der Waals surface area (Å²) in [6.07, 6.45) is 3.02. The summed E-state index contributed by atoms with van der Waals surface area (Å²) in [6, 6.07) is 0. The number of carbonyl (C=O) groups excluding carboxylic acids is 1. The molecule has 2 fully saturated rings. The molecule has 0 aromatic heterocycles. The molecule has 1 unspecified atom stereocenters. The quantitative estimate of drug-likeness (QED) is 0.751. The maximum absolute atomic E-state index is 12.4. The van der Waals surface area contributed by atoms with E-state index in [1.54, 1.807) is 0 Å². The number of ether oxygens (including phenoxy) is 1. The molecular weight excluding hydrogens is 216 g/mol. The lowest BCUT2D eigenvalue weighted by atomic mass is 9.81. The van der Waals surface area contributed by atoms with Gasteiger partial charge in [-0.3, -0.25) is 4.79 Å². The average molecular weight is 240 g/mol. The van der Waals surface area contributed by atoms with Crippen molar-refractivity contribution in [3.05, 3.63) is 0 Å². The minimum atomic E-state index is -0.157. The molecule has 1 atom stereocenters. The zero-order valence-electron chi connectivity index (χ0n) is 11.0. The fourth-order valence-corrected chi connectivity index (χ4v) is 2.78. The van der Waals surface area contributed by atoms with Gasteiger partial charge in [0.05, 0.1) is 18.6 Å². The summed E-state index contributed by atoms with van der Waals surface area (Å²) < 4.78 is 5.20. The van der Waals surface area contributed by atoms with Gasteiger partial charge in [0.15, 0.2) is 0 Å². The van der Waals surface area contributed by atoms with E-state index in [0.29, 0.717) is 0 Å². The van der Waals surface area contributed by atoms with Crippen molar-refractivity contribution in [1.82, 2.24) is 10.6 Å². The van der Waals surface area contributed by atoms with Crippen molar-refractivity contribution < 1.29 is 9.53 Å². The van der Waals surface area contributed by atoms with Gasteiger partial charge in [-0.15, -0.1) is 0 Å². The summed E-state index contributed by atoms with van der Waals surface area (Å²) >= 11 is 0. The number of nitrogens with one attached hydrogen (secondary N) is 2. The predicted molar refractivity (Wildman–Crippen MR) is 66.8 cm³/mol. The van der Waals surface area contributed by atoms with Gasteiger partial charge < -0.3 is 15.4 Å². The van der Waals surface area contributed by atoms with Crippen molar-refractivity contribution in [3.8, 4) is 0 Å². The number of hydrogen-bond donors (Lipinski definition) is 2. The van der Waals surface area contributed by atoms with E-state index in [-0.39, 0.29) is 16.7 Å². The van der Waals surface area contributed by atoms with Crippen LogP contribution in [0.4, 0.5) is 0 Å². The SMILES string of the molecule is CCCC1(C(=O)NCC2(C)COC2)CCNC1. The lowest BCUT2D eigenvalue weighted by molar-refractivity contribution is -0.135. The smallest absolute Gasteiger partial charge is 0.227 e. The van der Waals surface area contributed by atoms with Crippen LogP contribution in [0.25, 0.3) is 0 Å². The second-order valence-electron chi connectivity index (χ2n) is 5.94. The van der Waals surface area contributed by atoms with Gasteiger partial charge in [-0.1, -0.05) is 20.3 Å². The van der Waals surface area contributed by atoms with Crippen molar-refractivity contribution in [2.45, 2.75) is 33.1 Å². The third-order valence-electron chi connectivity index (χ3n) is 4.03. The first-order valence-electron chi connectivity index (χ1n) is 6.67. The molecule has 0 aromatic rings. The van der Waals surface area contributed by atoms with Crippen LogP contribution in [0.15, 0.2) is 0 Å². The molecule has 0 aromatic carbocycles. The fraction of sp³-hybridized carbons (Fsp3) is 0.923. The third kappa shape index (κ3) is 2.63. The molecule has 2 saturated heterocycles. The van der Waals surface area contributed by atoms with Crippen LogP contribution >= 0.6 is 0 Å². The summed E-state index contributed by atoms with van der Waals surface area (Å²) in [5.41, 5.74) is 0.00477. The Kier molecular flexibility index (Phi) is 3.73. The van der Waals surface area contributed by atoms with Gasteiger partial charge in [-0.05, 0) is 19.4 Å². The summed E-state index contributed by atoms with van der Waals surface area (Å²) in [5, 5.41) is 6.45. The van der Waals surface area contributed by atoms with Crippen molar-refractivity contribution in [1.29, 1.82) is 0 Å². The van der Waals surface area contributed by atoms with Gasteiger partial charge in [-0.25, -0.2) is 0 Å². The second kappa shape index (κ2) is 4.94. The predicted octanol–water partition coefficient (Wildman–Crippen LogP) is 0.919. The summed E-state index contributed by atoms with van der Waals surface area (Å²) in [6.45, 7) is 8.40. The minimum Gasteiger partial charge on any atom is -0.380 e. The van der Waals surface area contributed by atoms with Crippen molar-refractivity contribution in [2.24, 2.45) is 10.8 Å². The molecule has 2 aliphatic rings. The van der Waals surface area contributed by atoms with Gasteiger partial charge in [0.25, 0.3) is 0 Å². The standard InChI is InChI=1S/C13H24N2O2/c1-3-4-13(5-6-14-8-13)11(16)15-7-12(2)9-17-10-12/h14H,3-10H2,1-2H3,(H,15,16). The zero-order chi connectivity index (χ0) is 12.4. The van der Waals surface area contributed by atoms with Crippen LogP contribution in [0.2, 0.25) is 0 Å². The third-order valence-corrected chi connectivity index (χ3v) is 4.03. The van der Waals surface area contributed by atoms with Crippen LogP contribution in [-0.2, 0) is 9.53 Å². The van der Waals surface area contributed by atoms with Crippen LogP contribution in [0, 0.1) is 10.8 Å². The fourth-order valence-electron chi connectivity index (χ4n) is 2.78. The Labute approximate surface area is 103 Å². The second-order valence-corrected chi connectivity index (χ2v) is 5.94. The molecule has 2 rings (SSSR count). The highest BCUT2D eigenvalue weighted by atomic mass is 16.5. The van der Waals surface area contributed by atoms with E-state index in [1.807, 2.05) is 0 Å². The molecule has 0 spiro atoms. The first-order valence-corrected chi connectivity index (χ1v) is 6.67. The van der Waals surface area contributed by atoms with Crippen LogP contribution in [0.3, 0.4) is 0 Å². The number of amides is 1. The van der Waals surface area contributed by atoms with Gasteiger partial charge in [-0.2, -0.15) is 0 Å². The highest BCUT2D eigenvalue weighted by molar-refractivity contribution is 5.83. The van der Waals surface area contributed by atoms with Crippen LogP contribution in [0.1, 0.15) is 33.1 Å². The van der Waals surface area contributed by atoms with E-state index in [4.69, 9.17) is 4.74 Å². The van der Waals surface area contributed by atoms with E-state index in [9.17, 15) is 4.79 Å². The Balaban J connectivity index is 1.88. The maximum atomic E-state index is 12.4. The van der Waals surface area contributed by atoms with Crippen molar-refractivity contribution in [2.75, 3.05) is 32.8 Å². The number of hydrogen-bond acceptors (Lipinski definition) is 3. The molecule has 0 bridgehead atoms. The lowest BCUT2D eigenvalue weighted by Gasteiger charge is -2.39. The van der Waals surface area contributed by atoms with Crippen LogP contribution < -0.4 is 10.6 Å². The summed E-state index contributed by atoms with van der Waals surface area (Å²) in [5.74, 6) is 0.234. The highest BCUT2D eigenvalue weighted by Crippen LogP contribution is 2.32. The molecule has 1 amide bonds. The van der Waals surface area contributed by atoms with E-state index < -0.39 is 0 Å². The molecule has 2 aliphatic heterocycles. The first-order chi connectivity index (χ1) is 8.10. The maximum Gasteiger partial charge on any atom is 0.227 e. The summed E-state index contributed by atoms with van der Waals surface area (Å²) in [4.78, 5) is 12.4. The zero-order valence-corrected chi connectivity index (χ0v) is 11.0. The minimum absolute atomic E-state index is 0.157.